The molecule has 110 valence electrons. The molecule has 1 unspecified atom stereocenters. The Morgan fingerprint density at radius 3 is 2.45 bits per heavy atom. The van der Waals surface area contributed by atoms with Gasteiger partial charge < -0.3 is 21.3 Å². The zero-order valence-electron chi connectivity index (χ0n) is 11.8. The smallest absolute Gasteiger partial charge is 0.339 e. The van der Waals surface area contributed by atoms with E-state index in [0.29, 0.717) is 5.69 Å². The molecule has 0 aliphatic rings. The van der Waals surface area contributed by atoms with Gasteiger partial charge in [-0.1, -0.05) is 20.8 Å². The lowest BCUT2D eigenvalue weighted by molar-refractivity contribution is -0.117. The van der Waals surface area contributed by atoms with E-state index < -0.39 is 5.97 Å². The monoisotopic (exact) mass is 280 g/mol. The summed E-state index contributed by atoms with van der Waals surface area (Å²) in [6.07, 6.45) is 0.132. The van der Waals surface area contributed by atoms with Gasteiger partial charge >= 0.3 is 5.97 Å². The number of phenols is 1. The van der Waals surface area contributed by atoms with Crippen molar-refractivity contribution in [3.63, 3.8) is 0 Å². The van der Waals surface area contributed by atoms with Crippen molar-refractivity contribution in [2.45, 2.75) is 33.2 Å². The van der Waals surface area contributed by atoms with Gasteiger partial charge in [0.05, 0.1) is 0 Å². The fraction of sp³-hybridized carbons (Fsp3) is 0.429. The van der Waals surface area contributed by atoms with Crippen molar-refractivity contribution in [1.82, 2.24) is 0 Å². The second-order valence-corrected chi connectivity index (χ2v) is 5.76. The molecule has 1 amide bonds. The van der Waals surface area contributed by atoms with E-state index in [4.69, 9.17) is 10.8 Å². The Kier molecular flexibility index (Phi) is 4.73. The van der Waals surface area contributed by atoms with Gasteiger partial charge in [-0.15, -0.1) is 0 Å². The summed E-state index contributed by atoms with van der Waals surface area (Å²) in [5.74, 6) is -1.90. The van der Waals surface area contributed by atoms with Crippen LogP contribution in [-0.2, 0) is 4.79 Å². The van der Waals surface area contributed by atoms with Crippen molar-refractivity contribution < 1.29 is 19.8 Å². The lowest BCUT2D eigenvalue weighted by Gasteiger charge is -2.26. The van der Waals surface area contributed by atoms with Crippen LogP contribution in [0.4, 0.5) is 5.69 Å². The fourth-order valence-corrected chi connectivity index (χ4v) is 1.50. The summed E-state index contributed by atoms with van der Waals surface area (Å²) in [6, 6.07) is 3.56. The van der Waals surface area contributed by atoms with Crippen LogP contribution >= 0.6 is 0 Å². The Bertz CT molecular complexity index is 520. The summed E-state index contributed by atoms with van der Waals surface area (Å²) in [4.78, 5) is 22.7. The summed E-state index contributed by atoms with van der Waals surface area (Å²) >= 11 is 0. The normalized spacial score (nSPS) is 12.8. The number of amides is 1. The van der Waals surface area contributed by atoms with E-state index in [9.17, 15) is 14.7 Å². The van der Waals surface area contributed by atoms with Crippen LogP contribution in [0.25, 0.3) is 0 Å². The van der Waals surface area contributed by atoms with Crippen molar-refractivity contribution in [2.75, 3.05) is 5.32 Å². The Morgan fingerprint density at radius 2 is 1.95 bits per heavy atom. The molecule has 1 rings (SSSR count). The molecule has 0 radical (unpaired) electrons. The highest BCUT2D eigenvalue weighted by atomic mass is 16.4. The highest BCUT2D eigenvalue weighted by molar-refractivity contribution is 5.95. The molecule has 0 aromatic heterocycles. The molecule has 0 aliphatic heterocycles. The van der Waals surface area contributed by atoms with Gasteiger partial charge in [-0.3, -0.25) is 4.79 Å². The Morgan fingerprint density at radius 1 is 1.35 bits per heavy atom. The summed E-state index contributed by atoms with van der Waals surface area (Å²) in [7, 11) is 0. The van der Waals surface area contributed by atoms with Gasteiger partial charge in [0.15, 0.2) is 0 Å². The number of carbonyl (C=O) groups excluding carboxylic acids is 1. The first-order chi connectivity index (χ1) is 9.11. The molecule has 6 nitrogen and oxygen atoms in total. The second-order valence-electron chi connectivity index (χ2n) is 5.76. The Balaban J connectivity index is 2.77. The van der Waals surface area contributed by atoms with Crippen LogP contribution in [0.3, 0.4) is 0 Å². The maximum absolute atomic E-state index is 11.8. The first-order valence-corrected chi connectivity index (χ1v) is 6.23. The molecule has 0 saturated carbocycles. The quantitative estimate of drug-likeness (QED) is 0.628. The van der Waals surface area contributed by atoms with Gasteiger partial charge in [0.1, 0.15) is 11.3 Å². The van der Waals surface area contributed by atoms with Crippen LogP contribution in [-0.4, -0.2) is 28.1 Å². The summed E-state index contributed by atoms with van der Waals surface area (Å²) in [5.41, 5.74) is 5.77. The highest BCUT2D eigenvalue weighted by Crippen LogP contribution is 2.23. The van der Waals surface area contributed by atoms with Gasteiger partial charge in [-0.05, 0) is 23.6 Å². The highest BCUT2D eigenvalue weighted by Gasteiger charge is 2.23. The number of hydrogen-bond donors (Lipinski definition) is 4. The number of anilines is 1. The zero-order chi connectivity index (χ0) is 15.5. The van der Waals surface area contributed by atoms with Crippen molar-refractivity contribution in [3.8, 4) is 5.75 Å². The van der Waals surface area contributed by atoms with E-state index in [0.717, 1.165) is 0 Å². The third-order valence-electron chi connectivity index (χ3n) is 3.03. The maximum Gasteiger partial charge on any atom is 0.339 e. The molecule has 1 aromatic rings. The summed E-state index contributed by atoms with van der Waals surface area (Å²) in [6.45, 7) is 5.82. The molecule has 20 heavy (non-hydrogen) atoms. The molecule has 0 bridgehead atoms. The lowest BCUT2D eigenvalue weighted by atomic mass is 9.85. The molecule has 0 spiro atoms. The third kappa shape index (κ3) is 4.24. The van der Waals surface area contributed by atoms with Crippen LogP contribution in [0.2, 0.25) is 0 Å². The number of nitrogens with one attached hydrogen (secondary N) is 1. The number of rotatable bonds is 4. The number of hydrogen-bond acceptors (Lipinski definition) is 4. The molecule has 0 aliphatic carbocycles. The molecule has 0 fully saturated rings. The lowest BCUT2D eigenvalue weighted by Crippen LogP contribution is -2.38. The van der Waals surface area contributed by atoms with E-state index in [1.54, 1.807) is 0 Å². The minimum Gasteiger partial charge on any atom is -0.507 e. The molecule has 6 heteroatoms. The number of aromatic carboxylic acids is 1. The minimum atomic E-state index is -1.26. The number of carboxylic acids is 1. The maximum atomic E-state index is 11.8. The Labute approximate surface area is 117 Å². The van der Waals surface area contributed by atoms with Crippen LogP contribution in [0.5, 0.6) is 5.75 Å². The van der Waals surface area contributed by atoms with Crippen LogP contribution < -0.4 is 11.1 Å². The van der Waals surface area contributed by atoms with E-state index in [2.05, 4.69) is 5.32 Å². The van der Waals surface area contributed by atoms with E-state index in [1.165, 1.54) is 18.2 Å². The molecule has 5 N–H and O–H groups in total. The molecule has 0 heterocycles. The van der Waals surface area contributed by atoms with Crippen molar-refractivity contribution in [1.29, 1.82) is 0 Å². The van der Waals surface area contributed by atoms with Crippen molar-refractivity contribution in [2.24, 2.45) is 11.1 Å². The van der Waals surface area contributed by atoms with Gasteiger partial charge in [0, 0.05) is 18.2 Å². The second kappa shape index (κ2) is 5.92. The topological polar surface area (TPSA) is 113 Å². The van der Waals surface area contributed by atoms with E-state index in [-0.39, 0.29) is 35.1 Å². The van der Waals surface area contributed by atoms with E-state index in [1.807, 2.05) is 20.8 Å². The average molecular weight is 280 g/mol. The number of benzene rings is 1. The summed E-state index contributed by atoms with van der Waals surface area (Å²) < 4.78 is 0. The van der Waals surface area contributed by atoms with Gasteiger partial charge in [-0.25, -0.2) is 4.79 Å². The molecule has 1 atom stereocenters. The Hall–Kier alpha value is -2.08. The van der Waals surface area contributed by atoms with Crippen molar-refractivity contribution >= 4 is 17.6 Å². The SMILES string of the molecule is CC(C)(C)C(N)CC(=O)Nc1ccc(O)c(C(=O)O)c1. The predicted octanol–water partition coefficient (Wildman–Crippen LogP) is 1.79. The van der Waals surface area contributed by atoms with Gasteiger partial charge in [0.2, 0.25) is 5.91 Å². The zero-order valence-corrected chi connectivity index (χ0v) is 11.8. The van der Waals surface area contributed by atoms with E-state index >= 15 is 0 Å². The number of carbonyl (C=O) groups is 2. The first kappa shape index (κ1) is 16.0. The number of carboxylic acid groups (broad SMARTS) is 1. The molecule has 0 saturated heterocycles. The average Bonchev–Trinajstić information content (AvgIpc) is 2.29. The van der Waals surface area contributed by atoms with Gasteiger partial charge in [0.25, 0.3) is 0 Å². The van der Waals surface area contributed by atoms with Gasteiger partial charge in [-0.2, -0.15) is 0 Å². The predicted molar refractivity (Wildman–Crippen MR) is 75.7 cm³/mol. The first-order valence-electron chi connectivity index (χ1n) is 6.23. The molecular weight excluding hydrogens is 260 g/mol. The standard InChI is InChI=1S/C14H20N2O4/c1-14(2,3)11(15)7-12(18)16-8-4-5-10(17)9(6-8)13(19)20/h4-6,11,17H,7,15H2,1-3H3,(H,16,18)(H,19,20). The largest absolute Gasteiger partial charge is 0.507 e. The minimum absolute atomic E-state index is 0.132. The van der Waals surface area contributed by atoms with Crippen molar-refractivity contribution in [3.05, 3.63) is 23.8 Å². The van der Waals surface area contributed by atoms with Crippen LogP contribution in [0, 0.1) is 5.41 Å². The van der Waals surface area contributed by atoms with Crippen LogP contribution in [0.15, 0.2) is 18.2 Å². The summed E-state index contributed by atoms with van der Waals surface area (Å²) in [5, 5.41) is 20.8. The molecule has 1 aromatic carbocycles. The number of nitrogens with two attached hydrogens (primary N) is 1. The van der Waals surface area contributed by atoms with Crippen LogP contribution in [0.1, 0.15) is 37.6 Å². The molecular formula is C14H20N2O4. The fourth-order valence-electron chi connectivity index (χ4n) is 1.50. The number of aromatic hydroxyl groups is 1. The third-order valence-corrected chi connectivity index (χ3v) is 3.03.